The van der Waals surface area contributed by atoms with E-state index in [2.05, 4.69) is 0 Å². The van der Waals surface area contributed by atoms with Crippen LogP contribution in [0.4, 0.5) is 11.4 Å². The van der Waals surface area contributed by atoms with Gasteiger partial charge < -0.3 is 9.64 Å². The summed E-state index contributed by atoms with van der Waals surface area (Å²) in [5, 5.41) is 20.0. The van der Waals surface area contributed by atoms with Crippen LogP contribution in [-0.2, 0) is 9.84 Å². The van der Waals surface area contributed by atoms with Crippen LogP contribution in [0.2, 0.25) is 0 Å². The van der Waals surface area contributed by atoms with Gasteiger partial charge in [0.1, 0.15) is 11.8 Å². The molecule has 9 heteroatoms. The summed E-state index contributed by atoms with van der Waals surface area (Å²) in [5.74, 6) is 0.568. The van der Waals surface area contributed by atoms with E-state index in [1.807, 2.05) is 11.0 Å². The number of sulfone groups is 1. The molecule has 0 aliphatic heterocycles. The van der Waals surface area contributed by atoms with Crippen LogP contribution in [0.25, 0.3) is 0 Å². The van der Waals surface area contributed by atoms with Crippen LogP contribution in [0, 0.1) is 21.4 Å². The highest BCUT2D eigenvalue weighted by Gasteiger charge is 2.13. The van der Waals surface area contributed by atoms with Gasteiger partial charge in [0, 0.05) is 32.0 Å². The SMILES string of the molecule is CN(CCCOc1ccc(S(C)(=O)=O)cc1)c1ccc([N+](=O)[O-])cc1C#N. The number of ether oxygens (including phenoxy) is 1. The van der Waals surface area contributed by atoms with E-state index in [0.29, 0.717) is 31.0 Å². The largest absolute Gasteiger partial charge is 0.494 e. The quantitative estimate of drug-likeness (QED) is 0.387. The normalized spacial score (nSPS) is 10.9. The second-order valence-electron chi connectivity index (χ2n) is 5.94. The molecule has 0 atom stereocenters. The van der Waals surface area contributed by atoms with Crippen molar-refractivity contribution >= 4 is 21.2 Å². The number of hydrogen-bond donors (Lipinski definition) is 0. The molecule has 0 aromatic heterocycles. The van der Waals surface area contributed by atoms with Crippen molar-refractivity contribution in [1.82, 2.24) is 0 Å². The van der Waals surface area contributed by atoms with Crippen LogP contribution in [0.1, 0.15) is 12.0 Å². The highest BCUT2D eigenvalue weighted by atomic mass is 32.2. The summed E-state index contributed by atoms with van der Waals surface area (Å²) in [6, 6.07) is 12.3. The van der Waals surface area contributed by atoms with Crippen molar-refractivity contribution < 1.29 is 18.1 Å². The Kier molecular flexibility index (Phi) is 6.36. The smallest absolute Gasteiger partial charge is 0.270 e. The average molecular weight is 389 g/mol. The van der Waals surface area contributed by atoms with Gasteiger partial charge in [0.05, 0.1) is 27.7 Å². The summed E-state index contributed by atoms with van der Waals surface area (Å²) in [6.45, 7) is 0.978. The predicted molar refractivity (Wildman–Crippen MR) is 101 cm³/mol. The number of nitro benzene ring substituents is 1. The third-order valence-corrected chi connectivity index (χ3v) is 5.01. The van der Waals surface area contributed by atoms with Gasteiger partial charge >= 0.3 is 0 Å². The second-order valence-corrected chi connectivity index (χ2v) is 7.95. The minimum Gasteiger partial charge on any atom is -0.494 e. The molecule has 0 heterocycles. The van der Waals surface area contributed by atoms with Gasteiger partial charge in [-0.25, -0.2) is 8.42 Å². The zero-order valence-corrected chi connectivity index (χ0v) is 15.8. The van der Waals surface area contributed by atoms with Crippen molar-refractivity contribution in [3.05, 3.63) is 58.1 Å². The number of rotatable bonds is 8. The third kappa shape index (κ3) is 5.43. The molecular formula is C18H19N3O5S. The fourth-order valence-electron chi connectivity index (χ4n) is 2.46. The number of non-ortho nitro benzene ring substituents is 1. The van der Waals surface area contributed by atoms with Gasteiger partial charge in [-0.1, -0.05) is 0 Å². The molecular weight excluding hydrogens is 370 g/mol. The minimum atomic E-state index is -3.23. The van der Waals surface area contributed by atoms with Crippen molar-refractivity contribution in [3.63, 3.8) is 0 Å². The molecule has 0 spiro atoms. The van der Waals surface area contributed by atoms with Crippen molar-refractivity contribution in [3.8, 4) is 11.8 Å². The number of hydrogen-bond acceptors (Lipinski definition) is 7. The molecule has 0 radical (unpaired) electrons. The van der Waals surface area contributed by atoms with E-state index >= 15 is 0 Å². The summed E-state index contributed by atoms with van der Waals surface area (Å²) in [5.41, 5.74) is 0.731. The lowest BCUT2D eigenvalue weighted by molar-refractivity contribution is -0.384. The zero-order valence-electron chi connectivity index (χ0n) is 15.0. The molecule has 0 saturated heterocycles. The molecule has 0 aliphatic carbocycles. The standard InChI is InChI=1S/C18H19N3O5S/c1-20(18-9-4-15(21(22)23)12-14(18)13-19)10-3-11-26-16-5-7-17(8-6-16)27(2,24)25/h4-9,12H,3,10-11H2,1-2H3. The maximum Gasteiger partial charge on any atom is 0.270 e. The lowest BCUT2D eigenvalue weighted by atomic mass is 10.1. The Hall–Kier alpha value is -3.12. The first-order chi connectivity index (χ1) is 12.7. The highest BCUT2D eigenvalue weighted by Crippen LogP contribution is 2.24. The fraction of sp³-hybridized carbons (Fsp3) is 0.278. The Morgan fingerprint density at radius 1 is 1.22 bits per heavy atom. The maximum absolute atomic E-state index is 11.4. The van der Waals surface area contributed by atoms with Crippen molar-refractivity contribution in [1.29, 1.82) is 5.26 Å². The van der Waals surface area contributed by atoms with Gasteiger partial charge in [0.2, 0.25) is 0 Å². The third-order valence-electron chi connectivity index (χ3n) is 3.88. The van der Waals surface area contributed by atoms with Crippen molar-refractivity contribution in [2.75, 3.05) is 31.4 Å². The maximum atomic E-state index is 11.4. The van der Waals surface area contributed by atoms with E-state index in [1.165, 1.54) is 24.3 Å². The van der Waals surface area contributed by atoms with Crippen LogP contribution >= 0.6 is 0 Å². The summed E-state index contributed by atoms with van der Waals surface area (Å²) in [6.07, 6.45) is 1.79. The molecule has 0 aliphatic rings. The highest BCUT2D eigenvalue weighted by molar-refractivity contribution is 7.90. The minimum absolute atomic E-state index is 0.121. The Morgan fingerprint density at radius 2 is 1.89 bits per heavy atom. The fourth-order valence-corrected chi connectivity index (χ4v) is 3.09. The van der Waals surface area contributed by atoms with Crippen molar-refractivity contribution in [2.24, 2.45) is 0 Å². The van der Waals surface area contributed by atoms with Gasteiger partial charge in [-0.3, -0.25) is 10.1 Å². The second kappa shape index (κ2) is 8.51. The van der Waals surface area contributed by atoms with E-state index in [1.54, 1.807) is 25.2 Å². The number of benzene rings is 2. The lowest BCUT2D eigenvalue weighted by Gasteiger charge is -2.20. The molecule has 0 bridgehead atoms. The van der Waals surface area contributed by atoms with E-state index < -0.39 is 14.8 Å². The topological polar surface area (TPSA) is 114 Å². The zero-order chi connectivity index (χ0) is 20.0. The molecule has 27 heavy (non-hydrogen) atoms. The molecule has 0 fully saturated rings. The molecule has 2 aromatic rings. The summed E-state index contributed by atoms with van der Waals surface area (Å²) < 4.78 is 28.4. The van der Waals surface area contributed by atoms with E-state index in [9.17, 15) is 23.8 Å². The Balaban J connectivity index is 1.90. The van der Waals surface area contributed by atoms with Gasteiger partial charge in [0.25, 0.3) is 5.69 Å². The molecule has 0 unspecified atom stereocenters. The number of anilines is 1. The van der Waals surface area contributed by atoms with E-state index in [0.717, 1.165) is 6.26 Å². The Morgan fingerprint density at radius 3 is 2.44 bits per heavy atom. The van der Waals surface area contributed by atoms with E-state index in [-0.39, 0.29) is 16.1 Å². The first kappa shape index (κ1) is 20.2. The molecule has 142 valence electrons. The monoisotopic (exact) mass is 389 g/mol. The molecule has 2 rings (SSSR count). The van der Waals surface area contributed by atoms with E-state index in [4.69, 9.17) is 4.74 Å². The molecule has 0 saturated carbocycles. The number of nitrogens with zero attached hydrogens (tertiary/aromatic N) is 3. The van der Waals surface area contributed by atoms with Crippen LogP contribution in [0.15, 0.2) is 47.4 Å². The van der Waals surface area contributed by atoms with Gasteiger partial charge in [-0.15, -0.1) is 0 Å². The van der Waals surface area contributed by atoms with Gasteiger partial charge in [-0.2, -0.15) is 5.26 Å². The van der Waals surface area contributed by atoms with Crippen molar-refractivity contribution in [2.45, 2.75) is 11.3 Å². The number of nitriles is 1. The number of nitro groups is 1. The summed E-state index contributed by atoms with van der Waals surface area (Å²) in [4.78, 5) is 12.3. The predicted octanol–water partition coefficient (Wildman–Crippen LogP) is 2.78. The first-order valence-electron chi connectivity index (χ1n) is 8.05. The molecule has 8 nitrogen and oxygen atoms in total. The summed E-state index contributed by atoms with van der Waals surface area (Å²) in [7, 11) is -1.44. The molecule has 0 amide bonds. The van der Waals surface area contributed by atoms with Crippen LogP contribution in [-0.4, -0.2) is 39.8 Å². The molecule has 2 aromatic carbocycles. The first-order valence-corrected chi connectivity index (χ1v) is 9.94. The summed E-state index contributed by atoms with van der Waals surface area (Å²) >= 11 is 0. The lowest BCUT2D eigenvalue weighted by Crippen LogP contribution is -2.21. The Labute approximate surface area is 157 Å². The van der Waals surface area contributed by atoms with Crippen LogP contribution in [0.5, 0.6) is 5.75 Å². The van der Waals surface area contributed by atoms with Crippen LogP contribution in [0.3, 0.4) is 0 Å². The molecule has 0 N–H and O–H groups in total. The van der Waals surface area contributed by atoms with Gasteiger partial charge in [-0.05, 0) is 36.8 Å². The average Bonchev–Trinajstić information content (AvgIpc) is 2.64. The van der Waals surface area contributed by atoms with Gasteiger partial charge in [0.15, 0.2) is 9.84 Å². The Bertz CT molecular complexity index is 965. The van der Waals surface area contributed by atoms with Crippen LogP contribution < -0.4 is 9.64 Å².